The molecule has 0 saturated carbocycles. The molecule has 0 unspecified atom stereocenters. The molecular weight excluding hydrogens is 292 g/mol. The number of rotatable bonds is 5. The van der Waals surface area contributed by atoms with Gasteiger partial charge in [0.2, 0.25) is 0 Å². The monoisotopic (exact) mass is 304 g/mol. The first-order valence-electron chi connectivity index (χ1n) is 5.71. The Morgan fingerprint density at radius 3 is 2.50 bits per heavy atom. The Kier molecular flexibility index (Phi) is 4.53. The van der Waals surface area contributed by atoms with Crippen LogP contribution in [0.5, 0.6) is 5.75 Å². The molecule has 0 atom stereocenters. The van der Waals surface area contributed by atoms with Crippen LogP contribution >= 0.6 is 15.9 Å². The zero-order valence-corrected chi connectivity index (χ0v) is 11.4. The molecule has 0 aliphatic carbocycles. The highest BCUT2D eigenvalue weighted by molar-refractivity contribution is 9.10. The molecular formula is C15H13BrO2. The number of benzene rings is 2. The molecule has 0 amide bonds. The molecule has 0 aliphatic rings. The molecule has 0 aliphatic heterocycles. The fraction of sp³-hybridized carbons (Fsp3) is 0.133. The maximum atomic E-state index is 10.8. The molecule has 2 aromatic rings. The lowest BCUT2D eigenvalue weighted by atomic mass is 10.2. The molecule has 0 spiro atoms. The van der Waals surface area contributed by atoms with E-state index in [-0.39, 0.29) is 0 Å². The Bertz CT molecular complexity index is 520. The van der Waals surface area contributed by atoms with E-state index in [1.807, 2.05) is 30.3 Å². The van der Waals surface area contributed by atoms with Gasteiger partial charge in [-0.1, -0.05) is 40.2 Å². The van der Waals surface area contributed by atoms with E-state index in [9.17, 15) is 4.79 Å². The number of carbonyl (C=O) groups is 1. The zero-order chi connectivity index (χ0) is 12.8. The molecule has 2 nitrogen and oxygen atoms in total. The summed E-state index contributed by atoms with van der Waals surface area (Å²) >= 11 is 3.40. The number of ether oxygens (including phenoxy) is 1. The third-order valence-corrected chi connectivity index (χ3v) is 3.14. The van der Waals surface area contributed by atoms with Crippen molar-refractivity contribution in [3.05, 3.63) is 64.1 Å². The van der Waals surface area contributed by atoms with Gasteiger partial charge in [-0.15, -0.1) is 0 Å². The first-order valence-corrected chi connectivity index (χ1v) is 6.50. The summed E-state index contributed by atoms with van der Waals surface area (Å²) in [5, 5.41) is 0. The Hall–Kier alpha value is -1.61. The van der Waals surface area contributed by atoms with Crippen molar-refractivity contribution in [2.75, 3.05) is 6.61 Å². The van der Waals surface area contributed by atoms with E-state index in [1.165, 1.54) is 5.56 Å². The fourth-order valence-corrected chi connectivity index (χ4v) is 1.90. The van der Waals surface area contributed by atoms with Crippen molar-refractivity contribution in [2.24, 2.45) is 0 Å². The predicted molar refractivity (Wildman–Crippen MR) is 75.2 cm³/mol. The normalized spacial score (nSPS) is 10.1. The molecule has 92 valence electrons. The molecule has 0 aromatic heterocycles. The molecule has 0 N–H and O–H groups in total. The molecule has 0 fully saturated rings. The number of hydrogen-bond acceptors (Lipinski definition) is 2. The van der Waals surface area contributed by atoms with Crippen LogP contribution in [0.3, 0.4) is 0 Å². The summed E-state index contributed by atoms with van der Waals surface area (Å²) in [5.74, 6) is 0.643. The van der Waals surface area contributed by atoms with Gasteiger partial charge in [-0.25, -0.2) is 0 Å². The van der Waals surface area contributed by atoms with Crippen molar-refractivity contribution in [3.8, 4) is 5.75 Å². The van der Waals surface area contributed by atoms with Crippen molar-refractivity contribution in [1.29, 1.82) is 0 Å². The van der Waals surface area contributed by atoms with E-state index in [2.05, 4.69) is 28.1 Å². The van der Waals surface area contributed by atoms with Crippen LogP contribution in [0.2, 0.25) is 0 Å². The van der Waals surface area contributed by atoms with Crippen LogP contribution < -0.4 is 4.74 Å². The standard InChI is InChI=1S/C15H13BrO2/c16-14-7-5-12(6-8-14)9-10-18-15-4-2-1-3-13(15)11-17/h1-8,11H,9-10H2. The summed E-state index contributed by atoms with van der Waals surface area (Å²) in [6, 6.07) is 15.4. The summed E-state index contributed by atoms with van der Waals surface area (Å²) in [5.41, 5.74) is 1.80. The zero-order valence-electron chi connectivity index (χ0n) is 9.80. The first-order chi connectivity index (χ1) is 8.79. The smallest absolute Gasteiger partial charge is 0.153 e. The van der Waals surface area contributed by atoms with Crippen LogP contribution in [0.1, 0.15) is 15.9 Å². The maximum Gasteiger partial charge on any atom is 0.153 e. The third-order valence-electron chi connectivity index (χ3n) is 2.61. The molecule has 0 saturated heterocycles. The van der Waals surface area contributed by atoms with E-state index in [1.54, 1.807) is 6.07 Å². The quantitative estimate of drug-likeness (QED) is 0.784. The maximum absolute atomic E-state index is 10.8. The number of halogens is 1. The van der Waals surface area contributed by atoms with Gasteiger partial charge < -0.3 is 4.74 Å². The average Bonchev–Trinajstić information content (AvgIpc) is 2.41. The highest BCUT2D eigenvalue weighted by atomic mass is 79.9. The van der Waals surface area contributed by atoms with E-state index in [0.29, 0.717) is 17.9 Å². The van der Waals surface area contributed by atoms with E-state index >= 15 is 0 Å². The lowest BCUT2D eigenvalue weighted by Crippen LogP contribution is -2.03. The highest BCUT2D eigenvalue weighted by Crippen LogP contribution is 2.16. The highest BCUT2D eigenvalue weighted by Gasteiger charge is 2.01. The lowest BCUT2D eigenvalue weighted by molar-refractivity contribution is 0.111. The Labute approximate surface area is 115 Å². The molecule has 0 radical (unpaired) electrons. The van der Waals surface area contributed by atoms with Gasteiger partial charge >= 0.3 is 0 Å². The van der Waals surface area contributed by atoms with E-state index < -0.39 is 0 Å². The summed E-state index contributed by atoms with van der Waals surface area (Å²) in [6.07, 6.45) is 1.63. The van der Waals surface area contributed by atoms with Gasteiger partial charge in [0.1, 0.15) is 5.75 Å². The lowest BCUT2D eigenvalue weighted by Gasteiger charge is -2.08. The number of carbonyl (C=O) groups excluding carboxylic acids is 1. The summed E-state index contributed by atoms with van der Waals surface area (Å²) in [6.45, 7) is 0.562. The van der Waals surface area contributed by atoms with Crippen LogP contribution in [-0.4, -0.2) is 12.9 Å². The van der Waals surface area contributed by atoms with Crippen LogP contribution in [0.15, 0.2) is 53.0 Å². The van der Waals surface area contributed by atoms with Gasteiger partial charge in [-0.3, -0.25) is 4.79 Å². The summed E-state index contributed by atoms with van der Waals surface area (Å²) < 4.78 is 6.69. The SMILES string of the molecule is O=Cc1ccccc1OCCc1ccc(Br)cc1. The summed E-state index contributed by atoms with van der Waals surface area (Å²) in [7, 11) is 0. The van der Waals surface area contributed by atoms with Crippen LogP contribution in [-0.2, 0) is 6.42 Å². The van der Waals surface area contributed by atoms with Crippen molar-refractivity contribution in [1.82, 2.24) is 0 Å². The van der Waals surface area contributed by atoms with Crippen molar-refractivity contribution >= 4 is 22.2 Å². The van der Waals surface area contributed by atoms with Gasteiger partial charge in [-0.05, 0) is 29.8 Å². The second-order valence-corrected chi connectivity index (χ2v) is 4.80. The van der Waals surface area contributed by atoms with E-state index in [0.717, 1.165) is 17.2 Å². The Morgan fingerprint density at radius 1 is 1.06 bits per heavy atom. The van der Waals surface area contributed by atoms with Gasteiger partial charge in [0, 0.05) is 10.9 Å². The minimum Gasteiger partial charge on any atom is -0.492 e. The van der Waals surface area contributed by atoms with Gasteiger partial charge in [0.15, 0.2) is 6.29 Å². The molecule has 3 heteroatoms. The van der Waals surface area contributed by atoms with Crippen molar-refractivity contribution in [3.63, 3.8) is 0 Å². The number of aldehydes is 1. The Morgan fingerprint density at radius 2 is 1.78 bits per heavy atom. The topological polar surface area (TPSA) is 26.3 Å². The number of hydrogen-bond donors (Lipinski definition) is 0. The van der Waals surface area contributed by atoms with Gasteiger partial charge in [0.25, 0.3) is 0 Å². The molecule has 0 heterocycles. The van der Waals surface area contributed by atoms with Crippen LogP contribution in [0.4, 0.5) is 0 Å². The predicted octanol–water partition coefficient (Wildman–Crippen LogP) is 3.88. The molecule has 18 heavy (non-hydrogen) atoms. The van der Waals surface area contributed by atoms with Crippen molar-refractivity contribution < 1.29 is 9.53 Å². The van der Waals surface area contributed by atoms with Crippen molar-refractivity contribution in [2.45, 2.75) is 6.42 Å². The second kappa shape index (κ2) is 6.36. The van der Waals surface area contributed by atoms with Gasteiger partial charge in [-0.2, -0.15) is 0 Å². The first kappa shape index (κ1) is 12.8. The average molecular weight is 305 g/mol. The molecule has 2 aromatic carbocycles. The molecule has 2 rings (SSSR count). The number of para-hydroxylation sites is 1. The Balaban J connectivity index is 1.92. The minimum atomic E-state index is 0.562. The van der Waals surface area contributed by atoms with Gasteiger partial charge in [0.05, 0.1) is 12.2 Å². The van der Waals surface area contributed by atoms with E-state index in [4.69, 9.17) is 4.74 Å². The third kappa shape index (κ3) is 3.44. The van der Waals surface area contributed by atoms with Crippen LogP contribution in [0.25, 0.3) is 0 Å². The largest absolute Gasteiger partial charge is 0.492 e. The fourth-order valence-electron chi connectivity index (χ4n) is 1.64. The summed E-state index contributed by atoms with van der Waals surface area (Å²) in [4.78, 5) is 10.8. The minimum absolute atomic E-state index is 0.562. The second-order valence-electron chi connectivity index (χ2n) is 3.88. The van der Waals surface area contributed by atoms with Crippen LogP contribution in [0, 0.1) is 0 Å². The molecule has 0 bridgehead atoms.